The molecule has 1 amide bonds. The Kier molecular flexibility index (Phi) is 5.61. The van der Waals surface area contributed by atoms with Gasteiger partial charge >= 0.3 is 0 Å². The lowest BCUT2D eigenvalue weighted by atomic mass is 10.1. The molecule has 1 aromatic carbocycles. The summed E-state index contributed by atoms with van der Waals surface area (Å²) < 4.78 is 27.4. The minimum absolute atomic E-state index is 0.0376. The van der Waals surface area contributed by atoms with Gasteiger partial charge in [0, 0.05) is 17.5 Å². The Hall–Kier alpha value is -1.93. The van der Waals surface area contributed by atoms with E-state index in [2.05, 4.69) is 15.0 Å². The molecule has 130 valence electrons. The summed E-state index contributed by atoms with van der Waals surface area (Å²) in [4.78, 5) is 16.4. The molecule has 24 heavy (non-hydrogen) atoms. The lowest BCUT2D eigenvalue weighted by molar-refractivity contribution is 0.0948. The van der Waals surface area contributed by atoms with Crippen LogP contribution in [0.5, 0.6) is 0 Å². The Morgan fingerprint density at radius 1 is 1.29 bits per heavy atom. The highest BCUT2D eigenvalue weighted by Crippen LogP contribution is 2.21. The lowest BCUT2D eigenvalue weighted by Gasteiger charge is -2.12. The van der Waals surface area contributed by atoms with Crippen molar-refractivity contribution in [2.45, 2.75) is 32.6 Å². The number of aromatic nitrogens is 1. The first-order chi connectivity index (χ1) is 11.2. The number of sulfonamides is 1. The normalized spacial score (nSPS) is 11.5. The molecule has 2 aromatic rings. The topological polar surface area (TPSA) is 88.2 Å². The molecule has 0 atom stereocenters. The fourth-order valence-corrected chi connectivity index (χ4v) is 3.95. The molecule has 0 fully saturated rings. The number of hydrogen-bond donors (Lipinski definition) is 2. The highest BCUT2D eigenvalue weighted by molar-refractivity contribution is 7.93. The second-order valence-electron chi connectivity index (χ2n) is 5.98. The maximum Gasteiger partial charge on any atom is 0.263 e. The van der Waals surface area contributed by atoms with Gasteiger partial charge in [0.15, 0.2) is 5.13 Å². The highest BCUT2D eigenvalue weighted by atomic mass is 32.2. The molecule has 0 aliphatic heterocycles. The van der Waals surface area contributed by atoms with Crippen LogP contribution in [-0.2, 0) is 10.0 Å². The number of nitrogens with zero attached hydrogens (tertiary/aromatic N) is 1. The van der Waals surface area contributed by atoms with E-state index in [0.717, 1.165) is 11.3 Å². The van der Waals surface area contributed by atoms with Gasteiger partial charge in [-0.1, -0.05) is 19.9 Å². The molecule has 6 nitrogen and oxygen atoms in total. The van der Waals surface area contributed by atoms with Gasteiger partial charge in [0.25, 0.3) is 15.9 Å². The molecular formula is C16H21N3O3S2. The summed E-state index contributed by atoms with van der Waals surface area (Å²) in [6.45, 7) is 8.09. The first kappa shape index (κ1) is 18.4. The number of benzene rings is 1. The number of hydrogen-bond acceptors (Lipinski definition) is 5. The highest BCUT2D eigenvalue weighted by Gasteiger charge is 2.19. The van der Waals surface area contributed by atoms with Crippen molar-refractivity contribution in [3.63, 3.8) is 0 Å². The van der Waals surface area contributed by atoms with Crippen molar-refractivity contribution in [3.05, 3.63) is 40.4 Å². The Morgan fingerprint density at radius 3 is 2.58 bits per heavy atom. The summed E-state index contributed by atoms with van der Waals surface area (Å²) in [5, 5.41) is 4.87. The summed E-state index contributed by atoms with van der Waals surface area (Å²) in [5.74, 6) is 0.0410. The van der Waals surface area contributed by atoms with E-state index in [1.54, 1.807) is 25.3 Å². The average molecular weight is 367 g/mol. The maximum absolute atomic E-state index is 12.5. The maximum atomic E-state index is 12.5. The van der Waals surface area contributed by atoms with Crippen LogP contribution in [0.15, 0.2) is 28.5 Å². The van der Waals surface area contributed by atoms with Gasteiger partial charge in [0.2, 0.25) is 0 Å². The molecule has 2 rings (SSSR count). The summed E-state index contributed by atoms with van der Waals surface area (Å²) in [5.41, 5.74) is 1.82. The van der Waals surface area contributed by atoms with E-state index in [4.69, 9.17) is 0 Å². The number of carbonyl (C=O) groups excluding carboxylic acids is 1. The van der Waals surface area contributed by atoms with Crippen molar-refractivity contribution in [1.29, 1.82) is 0 Å². The largest absolute Gasteiger partial charge is 0.352 e. The second-order valence-corrected chi connectivity index (χ2v) is 8.52. The van der Waals surface area contributed by atoms with E-state index < -0.39 is 10.0 Å². The third kappa shape index (κ3) is 4.55. The van der Waals surface area contributed by atoms with Crippen LogP contribution in [0.25, 0.3) is 0 Å². The number of amides is 1. The van der Waals surface area contributed by atoms with E-state index in [-0.39, 0.29) is 10.8 Å². The zero-order valence-corrected chi connectivity index (χ0v) is 15.7. The summed E-state index contributed by atoms with van der Waals surface area (Å²) in [6.07, 6.45) is 0. The standard InChI is InChI=1S/C16H21N3O3S2/c1-10(2)8-17-15(20)14-7-13(6-5-11(14)3)24(21,22)19-16-18-12(4)9-23-16/h5-7,9-10H,8H2,1-4H3,(H,17,20)(H,18,19). The van der Waals surface area contributed by atoms with Crippen molar-refractivity contribution < 1.29 is 13.2 Å². The van der Waals surface area contributed by atoms with E-state index in [9.17, 15) is 13.2 Å². The Balaban J connectivity index is 2.27. The molecule has 0 aliphatic carbocycles. The number of nitrogens with one attached hydrogen (secondary N) is 2. The van der Waals surface area contributed by atoms with E-state index >= 15 is 0 Å². The number of anilines is 1. The average Bonchev–Trinajstić information content (AvgIpc) is 2.89. The summed E-state index contributed by atoms with van der Waals surface area (Å²) >= 11 is 1.22. The van der Waals surface area contributed by atoms with Crippen molar-refractivity contribution >= 4 is 32.4 Å². The van der Waals surface area contributed by atoms with Gasteiger partial charge in [0.1, 0.15) is 0 Å². The van der Waals surface area contributed by atoms with Gasteiger partial charge in [-0.3, -0.25) is 9.52 Å². The Labute approximate surface area is 146 Å². The van der Waals surface area contributed by atoms with Crippen LogP contribution in [0.2, 0.25) is 0 Å². The van der Waals surface area contributed by atoms with Gasteiger partial charge in [-0.15, -0.1) is 11.3 Å². The van der Waals surface area contributed by atoms with Crippen molar-refractivity contribution in [2.24, 2.45) is 5.92 Å². The van der Waals surface area contributed by atoms with Crippen LogP contribution >= 0.6 is 11.3 Å². The van der Waals surface area contributed by atoms with Crippen molar-refractivity contribution in [2.75, 3.05) is 11.3 Å². The van der Waals surface area contributed by atoms with Crippen molar-refractivity contribution in [3.8, 4) is 0 Å². The molecule has 0 spiro atoms. The number of thiazole rings is 1. The molecule has 2 N–H and O–H groups in total. The molecule has 8 heteroatoms. The van der Waals surface area contributed by atoms with E-state index in [1.165, 1.54) is 23.5 Å². The van der Waals surface area contributed by atoms with Crippen LogP contribution in [-0.4, -0.2) is 25.9 Å². The van der Waals surface area contributed by atoms with Gasteiger partial charge in [-0.25, -0.2) is 13.4 Å². The van der Waals surface area contributed by atoms with Crippen LogP contribution in [0.4, 0.5) is 5.13 Å². The van der Waals surface area contributed by atoms with E-state index in [0.29, 0.717) is 23.2 Å². The lowest BCUT2D eigenvalue weighted by Crippen LogP contribution is -2.28. The van der Waals surface area contributed by atoms with Gasteiger partial charge in [0.05, 0.1) is 10.6 Å². The smallest absolute Gasteiger partial charge is 0.263 e. The summed E-state index contributed by atoms with van der Waals surface area (Å²) in [6, 6.07) is 4.51. The number of carbonyl (C=O) groups is 1. The molecule has 0 bridgehead atoms. The van der Waals surface area contributed by atoms with Gasteiger partial charge in [-0.05, 0) is 37.5 Å². The van der Waals surface area contributed by atoms with Crippen LogP contribution in [0.3, 0.4) is 0 Å². The zero-order valence-electron chi connectivity index (χ0n) is 14.1. The SMILES string of the molecule is Cc1csc(NS(=O)(=O)c2ccc(C)c(C(=O)NCC(C)C)c2)n1. The first-order valence-corrected chi connectivity index (χ1v) is 9.89. The molecule has 0 saturated carbocycles. The Bertz CT molecular complexity index is 842. The molecule has 0 radical (unpaired) electrons. The molecular weight excluding hydrogens is 346 g/mol. The zero-order chi connectivity index (χ0) is 17.9. The number of aryl methyl sites for hydroxylation is 2. The molecule has 0 unspecified atom stereocenters. The fourth-order valence-electron chi connectivity index (χ4n) is 1.98. The third-order valence-corrected chi connectivity index (χ3v) is 5.62. The predicted molar refractivity (Wildman–Crippen MR) is 96.0 cm³/mol. The third-order valence-electron chi connectivity index (χ3n) is 3.28. The van der Waals surface area contributed by atoms with E-state index in [1.807, 2.05) is 13.8 Å². The Morgan fingerprint density at radius 2 is 2.00 bits per heavy atom. The van der Waals surface area contributed by atoms with Crippen molar-refractivity contribution in [1.82, 2.24) is 10.3 Å². The second kappa shape index (κ2) is 7.31. The molecule has 0 saturated heterocycles. The molecule has 1 heterocycles. The van der Waals surface area contributed by atoms with Crippen LogP contribution in [0, 0.1) is 19.8 Å². The minimum Gasteiger partial charge on any atom is -0.352 e. The first-order valence-electron chi connectivity index (χ1n) is 7.53. The van der Waals surface area contributed by atoms with Crippen LogP contribution in [0.1, 0.15) is 35.5 Å². The number of rotatable bonds is 6. The summed E-state index contributed by atoms with van der Waals surface area (Å²) in [7, 11) is -3.79. The van der Waals surface area contributed by atoms with Gasteiger partial charge in [-0.2, -0.15) is 0 Å². The quantitative estimate of drug-likeness (QED) is 0.822. The minimum atomic E-state index is -3.79. The fraction of sp³-hybridized carbons (Fsp3) is 0.375. The molecule has 1 aromatic heterocycles. The molecule has 0 aliphatic rings. The predicted octanol–water partition coefficient (Wildman–Crippen LogP) is 2.95. The monoisotopic (exact) mass is 367 g/mol. The van der Waals surface area contributed by atoms with Gasteiger partial charge < -0.3 is 5.32 Å². The van der Waals surface area contributed by atoms with Crippen LogP contribution < -0.4 is 10.0 Å².